The minimum Gasteiger partial charge on any atom is -0.292 e. The van der Waals surface area contributed by atoms with Crippen molar-refractivity contribution in [2.24, 2.45) is 0 Å². The third kappa shape index (κ3) is 3.48. The molecule has 1 saturated carbocycles. The number of pyridine rings is 1. The molecule has 3 rings (SSSR count). The lowest BCUT2D eigenvalue weighted by Gasteiger charge is -2.22. The molecule has 0 saturated heterocycles. The Balaban J connectivity index is 1.74. The van der Waals surface area contributed by atoms with Crippen LogP contribution in [0.4, 0.5) is 0 Å². The molecule has 1 aliphatic carbocycles. The topological polar surface area (TPSA) is 16.1 Å². The molecule has 2 aromatic rings. The number of aromatic nitrogens is 1. The normalized spacial score (nSPS) is 15.1. The Bertz CT molecular complexity index is 553. The standard InChI is InChI=1S/C14H14Cl2N2S/c15-13-4-1-11(14(16)17-13)8-18(12-2-3-12)7-10-5-6-19-9-10/h1,4-6,9,12H,2-3,7-8H2. The molecule has 1 aliphatic rings. The lowest BCUT2D eigenvalue weighted by atomic mass is 10.2. The fourth-order valence-electron chi connectivity index (χ4n) is 2.15. The van der Waals surface area contributed by atoms with E-state index in [1.165, 1.54) is 18.4 Å². The zero-order chi connectivity index (χ0) is 13.2. The lowest BCUT2D eigenvalue weighted by Crippen LogP contribution is -2.25. The van der Waals surface area contributed by atoms with Gasteiger partial charge in [0.2, 0.25) is 0 Å². The first-order chi connectivity index (χ1) is 9.22. The highest BCUT2D eigenvalue weighted by atomic mass is 35.5. The van der Waals surface area contributed by atoms with Gasteiger partial charge in [-0.05, 0) is 41.3 Å². The van der Waals surface area contributed by atoms with E-state index in [0.29, 0.717) is 16.3 Å². The highest BCUT2D eigenvalue weighted by molar-refractivity contribution is 7.07. The molecular weight excluding hydrogens is 299 g/mol. The van der Waals surface area contributed by atoms with E-state index in [2.05, 4.69) is 26.7 Å². The first-order valence-corrected chi connectivity index (χ1v) is 7.98. The van der Waals surface area contributed by atoms with Gasteiger partial charge < -0.3 is 0 Å². The summed E-state index contributed by atoms with van der Waals surface area (Å²) in [6, 6.07) is 6.65. The largest absolute Gasteiger partial charge is 0.292 e. The molecule has 2 heterocycles. The smallest absolute Gasteiger partial charge is 0.135 e. The van der Waals surface area contributed by atoms with Crippen LogP contribution in [-0.4, -0.2) is 15.9 Å². The van der Waals surface area contributed by atoms with Gasteiger partial charge in [0.15, 0.2) is 0 Å². The summed E-state index contributed by atoms with van der Waals surface area (Å²) in [6.07, 6.45) is 2.56. The maximum absolute atomic E-state index is 6.16. The summed E-state index contributed by atoms with van der Waals surface area (Å²) in [7, 11) is 0. The van der Waals surface area contributed by atoms with Crippen LogP contribution >= 0.6 is 34.5 Å². The average Bonchev–Trinajstić information content (AvgIpc) is 3.10. The zero-order valence-corrected chi connectivity index (χ0v) is 12.7. The Morgan fingerprint density at radius 2 is 2.05 bits per heavy atom. The quantitative estimate of drug-likeness (QED) is 0.749. The molecule has 19 heavy (non-hydrogen) atoms. The summed E-state index contributed by atoms with van der Waals surface area (Å²) in [4.78, 5) is 6.58. The van der Waals surface area contributed by atoms with E-state index in [0.717, 1.165) is 18.7 Å². The van der Waals surface area contributed by atoms with Gasteiger partial charge in [-0.25, -0.2) is 4.98 Å². The second-order valence-corrected chi connectivity index (χ2v) is 6.38. The van der Waals surface area contributed by atoms with Crippen LogP contribution in [0.3, 0.4) is 0 Å². The molecule has 5 heteroatoms. The Hall–Kier alpha value is -0.610. The van der Waals surface area contributed by atoms with Gasteiger partial charge in [0.05, 0.1) is 0 Å². The van der Waals surface area contributed by atoms with Crippen molar-refractivity contribution in [3.8, 4) is 0 Å². The molecule has 2 aromatic heterocycles. The van der Waals surface area contributed by atoms with Crippen LogP contribution in [0.5, 0.6) is 0 Å². The van der Waals surface area contributed by atoms with Gasteiger partial charge in [-0.1, -0.05) is 29.3 Å². The molecule has 0 aromatic carbocycles. The van der Waals surface area contributed by atoms with Crippen molar-refractivity contribution in [3.63, 3.8) is 0 Å². The number of hydrogen-bond acceptors (Lipinski definition) is 3. The van der Waals surface area contributed by atoms with Crippen molar-refractivity contribution in [2.45, 2.75) is 32.0 Å². The van der Waals surface area contributed by atoms with Gasteiger partial charge in [-0.2, -0.15) is 11.3 Å². The molecule has 100 valence electrons. The van der Waals surface area contributed by atoms with Gasteiger partial charge in [0, 0.05) is 24.7 Å². The van der Waals surface area contributed by atoms with Crippen LogP contribution in [-0.2, 0) is 13.1 Å². The summed E-state index contributed by atoms with van der Waals surface area (Å²) in [5.74, 6) is 0. The number of halogens is 2. The Morgan fingerprint density at radius 3 is 2.68 bits per heavy atom. The molecule has 0 N–H and O–H groups in total. The minimum absolute atomic E-state index is 0.449. The molecular formula is C14H14Cl2N2S. The SMILES string of the molecule is Clc1ccc(CN(Cc2ccsc2)C2CC2)c(Cl)n1. The Labute approximate surface area is 127 Å². The molecule has 1 fully saturated rings. The van der Waals surface area contributed by atoms with Crippen LogP contribution < -0.4 is 0 Å². The third-order valence-electron chi connectivity index (χ3n) is 3.29. The van der Waals surface area contributed by atoms with E-state index in [-0.39, 0.29) is 0 Å². The van der Waals surface area contributed by atoms with E-state index in [1.807, 2.05) is 6.07 Å². The molecule has 0 unspecified atom stereocenters. The van der Waals surface area contributed by atoms with E-state index in [9.17, 15) is 0 Å². The average molecular weight is 313 g/mol. The summed E-state index contributed by atoms with van der Waals surface area (Å²) < 4.78 is 0. The van der Waals surface area contributed by atoms with Gasteiger partial charge in [-0.3, -0.25) is 4.90 Å². The fourth-order valence-corrected chi connectivity index (χ4v) is 3.21. The fraction of sp³-hybridized carbons (Fsp3) is 0.357. The first kappa shape index (κ1) is 13.4. The minimum atomic E-state index is 0.449. The molecule has 0 amide bonds. The van der Waals surface area contributed by atoms with Crippen LogP contribution in [0.15, 0.2) is 29.0 Å². The number of rotatable bonds is 5. The van der Waals surface area contributed by atoms with Gasteiger partial charge in [-0.15, -0.1) is 0 Å². The zero-order valence-electron chi connectivity index (χ0n) is 10.4. The van der Waals surface area contributed by atoms with Crippen molar-refractivity contribution in [1.82, 2.24) is 9.88 Å². The lowest BCUT2D eigenvalue weighted by molar-refractivity contribution is 0.246. The Morgan fingerprint density at radius 1 is 1.21 bits per heavy atom. The summed E-state index contributed by atoms with van der Waals surface area (Å²) in [5.41, 5.74) is 2.42. The molecule has 0 radical (unpaired) electrons. The number of thiophene rings is 1. The maximum atomic E-state index is 6.16. The van der Waals surface area contributed by atoms with E-state index in [4.69, 9.17) is 23.2 Å². The van der Waals surface area contributed by atoms with Crippen molar-refractivity contribution in [3.05, 3.63) is 50.4 Å². The van der Waals surface area contributed by atoms with Gasteiger partial charge >= 0.3 is 0 Å². The molecule has 0 atom stereocenters. The summed E-state index contributed by atoms with van der Waals surface area (Å²) in [6.45, 7) is 1.82. The number of hydrogen-bond donors (Lipinski definition) is 0. The second kappa shape index (κ2) is 5.80. The van der Waals surface area contributed by atoms with Gasteiger partial charge in [0.1, 0.15) is 10.3 Å². The molecule has 0 bridgehead atoms. The van der Waals surface area contributed by atoms with Crippen molar-refractivity contribution in [1.29, 1.82) is 0 Å². The van der Waals surface area contributed by atoms with Crippen LogP contribution in [0.2, 0.25) is 10.3 Å². The summed E-state index contributed by atoms with van der Waals surface area (Å²) in [5, 5.41) is 5.29. The molecule has 0 aliphatic heterocycles. The van der Waals surface area contributed by atoms with Crippen LogP contribution in [0.25, 0.3) is 0 Å². The van der Waals surface area contributed by atoms with Gasteiger partial charge in [0.25, 0.3) is 0 Å². The maximum Gasteiger partial charge on any atom is 0.135 e. The van der Waals surface area contributed by atoms with Crippen molar-refractivity contribution >= 4 is 34.5 Å². The van der Waals surface area contributed by atoms with E-state index in [1.54, 1.807) is 17.4 Å². The summed E-state index contributed by atoms with van der Waals surface area (Å²) >= 11 is 13.7. The van der Waals surface area contributed by atoms with Crippen LogP contribution in [0.1, 0.15) is 24.0 Å². The van der Waals surface area contributed by atoms with E-state index < -0.39 is 0 Å². The number of nitrogens with zero attached hydrogens (tertiary/aromatic N) is 2. The van der Waals surface area contributed by atoms with E-state index >= 15 is 0 Å². The first-order valence-electron chi connectivity index (χ1n) is 6.28. The second-order valence-electron chi connectivity index (χ2n) is 4.85. The predicted molar refractivity (Wildman–Crippen MR) is 80.8 cm³/mol. The molecule has 0 spiro atoms. The predicted octanol–water partition coefficient (Wildman–Crippen LogP) is 4.61. The van der Waals surface area contributed by atoms with Crippen molar-refractivity contribution < 1.29 is 0 Å². The Kier molecular flexibility index (Phi) is 4.08. The van der Waals surface area contributed by atoms with Crippen LogP contribution in [0, 0.1) is 0 Å². The van der Waals surface area contributed by atoms with Crippen molar-refractivity contribution in [2.75, 3.05) is 0 Å². The third-order valence-corrected chi connectivity index (χ3v) is 4.56. The monoisotopic (exact) mass is 312 g/mol. The highest BCUT2D eigenvalue weighted by Crippen LogP contribution is 2.31. The molecule has 2 nitrogen and oxygen atoms in total. The highest BCUT2D eigenvalue weighted by Gasteiger charge is 2.29.